The van der Waals surface area contributed by atoms with Gasteiger partial charge in [-0.3, -0.25) is 9.59 Å². The van der Waals surface area contributed by atoms with Gasteiger partial charge in [0.1, 0.15) is 6.04 Å². The molecule has 0 aromatic heterocycles. The molecule has 0 spiro atoms. The van der Waals surface area contributed by atoms with E-state index in [1.807, 2.05) is 37.3 Å². The number of nitrogens with zero attached hydrogens (tertiary/aromatic N) is 1. The van der Waals surface area contributed by atoms with Crippen LogP contribution in [0.4, 0.5) is 0 Å². The molecule has 1 atom stereocenters. The van der Waals surface area contributed by atoms with Crippen LogP contribution in [0.15, 0.2) is 53.4 Å². The van der Waals surface area contributed by atoms with E-state index < -0.39 is 6.04 Å². The first-order valence-corrected chi connectivity index (χ1v) is 10.9. The topological polar surface area (TPSA) is 49.4 Å². The van der Waals surface area contributed by atoms with Gasteiger partial charge in [0.05, 0.1) is 5.75 Å². The Morgan fingerprint density at radius 2 is 1.86 bits per heavy atom. The maximum atomic E-state index is 13.0. The molecule has 0 saturated heterocycles. The van der Waals surface area contributed by atoms with E-state index in [0.717, 1.165) is 16.9 Å². The van der Waals surface area contributed by atoms with E-state index in [1.165, 1.54) is 11.8 Å². The Kier molecular flexibility index (Phi) is 9.16. The molecule has 2 amide bonds. The molecule has 1 N–H and O–H groups in total. The number of halogens is 2. The van der Waals surface area contributed by atoms with E-state index >= 15 is 0 Å². The molecule has 0 bridgehead atoms. The van der Waals surface area contributed by atoms with E-state index in [-0.39, 0.29) is 24.1 Å². The van der Waals surface area contributed by atoms with Crippen LogP contribution >= 0.6 is 35.0 Å². The highest BCUT2D eigenvalue weighted by atomic mass is 35.5. The van der Waals surface area contributed by atoms with Crippen LogP contribution in [0.3, 0.4) is 0 Å². The molecule has 7 heteroatoms. The molecule has 0 aliphatic heterocycles. The van der Waals surface area contributed by atoms with Crippen molar-refractivity contribution in [2.24, 2.45) is 0 Å². The lowest BCUT2D eigenvalue weighted by molar-refractivity contribution is -0.138. The maximum absolute atomic E-state index is 13.0. The standard InChI is InChI=1S/C21H24Cl2N2O2S/c1-3-11-24-21(27)15(2)25(13-16-9-10-17(22)12-19(16)23)20(26)14-28-18-7-5-4-6-8-18/h4-10,12,15H,3,11,13-14H2,1-2H3,(H,24,27)/t15-/m0/s1. The molecule has 0 fully saturated rings. The zero-order valence-corrected chi connectivity index (χ0v) is 18.3. The molecule has 150 valence electrons. The van der Waals surface area contributed by atoms with Crippen molar-refractivity contribution in [2.75, 3.05) is 12.3 Å². The number of thioether (sulfide) groups is 1. The number of nitrogens with one attached hydrogen (secondary N) is 1. The Hall–Kier alpha value is -1.69. The lowest BCUT2D eigenvalue weighted by Gasteiger charge is -2.29. The molecule has 0 heterocycles. The fourth-order valence-electron chi connectivity index (χ4n) is 2.56. The van der Waals surface area contributed by atoms with Crippen LogP contribution in [0.5, 0.6) is 0 Å². The summed E-state index contributed by atoms with van der Waals surface area (Å²) in [7, 11) is 0. The number of hydrogen-bond acceptors (Lipinski definition) is 3. The number of benzene rings is 2. The monoisotopic (exact) mass is 438 g/mol. The molecular formula is C21H24Cl2N2O2S. The second-order valence-electron chi connectivity index (χ2n) is 6.33. The third-order valence-electron chi connectivity index (χ3n) is 4.18. The Morgan fingerprint density at radius 1 is 1.14 bits per heavy atom. The minimum Gasteiger partial charge on any atom is -0.354 e. The molecule has 0 unspecified atom stereocenters. The van der Waals surface area contributed by atoms with E-state index in [2.05, 4.69) is 5.32 Å². The summed E-state index contributed by atoms with van der Waals surface area (Å²) in [5, 5.41) is 3.86. The van der Waals surface area contributed by atoms with Crippen LogP contribution < -0.4 is 5.32 Å². The van der Waals surface area contributed by atoms with Crippen LogP contribution in [0, 0.1) is 0 Å². The Bertz CT molecular complexity index is 802. The largest absolute Gasteiger partial charge is 0.354 e. The summed E-state index contributed by atoms with van der Waals surface area (Å²) in [5.41, 5.74) is 0.749. The lowest BCUT2D eigenvalue weighted by atomic mass is 10.1. The van der Waals surface area contributed by atoms with Gasteiger partial charge >= 0.3 is 0 Å². The SMILES string of the molecule is CCCNC(=O)[C@H](C)N(Cc1ccc(Cl)cc1Cl)C(=O)CSc1ccccc1. The van der Waals surface area contributed by atoms with Gasteiger partial charge in [-0.25, -0.2) is 0 Å². The van der Waals surface area contributed by atoms with Crippen molar-refractivity contribution in [3.8, 4) is 0 Å². The quantitative estimate of drug-likeness (QED) is 0.558. The van der Waals surface area contributed by atoms with Crippen molar-refractivity contribution in [1.82, 2.24) is 10.2 Å². The minimum absolute atomic E-state index is 0.126. The molecule has 2 aromatic rings. The Balaban J connectivity index is 2.16. The van der Waals surface area contributed by atoms with Gasteiger partial charge in [-0.15, -0.1) is 11.8 Å². The Morgan fingerprint density at radius 3 is 2.50 bits per heavy atom. The summed E-state index contributed by atoms with van der Waals surface area (Å²) in [4.78, 5) is 28.0. The smallest absolute Gasteiger partial charge is 0.242 e. The van der Waals surface area contributed by atoms with Crippen LogP contribution in [0.1, 0.15) is 25.8 Å². The predicted octanol–water partition coefficient (Wildman–Crippen LogP) is 5.03. The average molecular weight is 439 g/mol. The van der Waals surface area contributed by atoms with Gasteiger partial charge in [-0.05, 0) is 43.2 Å². The van der Waals surface area contributed by atoms with Gasteiger partial charge in [0, 0.05) is 28.0 Å². The molecule has 0 saturated carbocycles. The fraction of sp³-hybridized carbons (Fsp3) is 0.333. The van der Waals surface area contributed by atoms with Crippen molar-refractivity contribution >= 4 is 46.8 Å². The van der Waals surface area contributed by atoms with Crippen molar-refractivity contribution in [2.45, 2.75) is 37.8 Å². The van der Waals surface area contributed by atoms with Gasteiger partial charge in [0.2, 0.25) is 11.8 Å². The highest BCUT2D eigenvalue weighted by molar-refractivity contribution is 8.00. The summed E-state index contributed by atoms with van der Waals surface area (Å²) < 4.78 is 0. The highest BCUT2D eigenvalue weighted by Crippen LogP contribution is 2.24. The molecule has 4 nitrogen and oxygen atoms in total. The van der Waals surface area contributed by atoms with E-state index in [9.17, 15) is 9.59 Å². The summed E-state index contributed by atoms with van der Waals surface area (Å²) >= 11 is 13.7. The number of amides is 2. The second-order valence-corrected chi connectivity index (χ2v) is 8.22. The molecule has 2 rings (SSSR count). The number of rotatable bonds is 9. The average Bonchev–Trinajstić information content (AvgIpc) is 2.70. The van der Waals surface area contributed by atoms with Crippen LogP contribution in [0.2, 0.25) is 10.0 Å². The summed E-state index contributed by atoms with van der Waals surface area (Å²) in [5.74, 6) is -0.0651. The van der Waals surface area contributed by atoms with Crippen LogP contribution in [0.25, 0.3) is 0 Å². The van der Waals surface area contributed by atoms with Crippen molar-refractivity contribution in [3.63, 3.8) is 0 Å². The molecule has 0 radical (unpaired) electrons. The number of carbonyl (C=O) groups excluding carboxylic acids is 2. The van der Waals surface area contributed by atoms with Crippen molar-refractivity contribution in [1.29, 1.82) is 0 Å². The zero-order valence-electron chi connectivity index (χ0n) is 16.0. The van der Waals surface area contributed by atoms with Crippen molar-refractivity contribution < 1.29 is 9.59 Å². The first-order chi connectivity index (χ1) is 13.4. The minimum atomic E-state index is -0.609. The van der Waals surface area contributed by atoms with Crippen molar-refractivity contribution in [3.05, 3.63) is 64.1 Å². The molecular weight excluding hydrogens is 415 g/mol. The summed E-state index contributed by atoms with van der Waals surface area (Å²) in [6.45, 7) is 4.54. The third kappa shape index (κ3) is 6.73. The number of hydrogen-bond donors (Lipinski definition) is 1. The molecule has 28 heavy (non-hydrogen) atoms. The lowest BCUT2D eigenvalue weighted by Crippen LogP contribution is -2.48. The van der Waals surface area contributed by atoms with Gasteiger partial charge in [-0.2, -0.15) is 0 Å². The third-order valence-corrected chi connectivity index (χ3v) is 5.76. The first kappa shape index (κ1) is 22.6. The van der Waals surface area contributed by atoms with Crippen LogP contribution in [-0.2, 0) is 16.1 Å². The summed E-state index contributed by atoms with van der Waals surface area (Å²) in [6.07, 6.45) is 0.833. The van der Waals surface area contributed by atoms with Gasteiger partial charge in [-0.1, -0.05) is 54.4 Å². The van der Waals surface area contributed by atoms with Gasteiger partial charge in [0.25, 0.3) is 0 Å². The maximum Gasteiger partial charge on any atom is 0.242 e. The normalized spacial score (nSPS) is 11.7. The first-order valence-electron chi connectivity index (χ1n) is 9.11. The summed E-state index contributed by atoms with van der Waals surface area (Å²) in [6, 6.07) is 14.2. The second kappa shape index (κ2) is 11.3. The number of carbonyl (C=O) groups is 2. The van der Waals surface area contributed by atoms with Gasteiger partial charge in [0.15, 0.2) is 0 Å². The predicted molar refractivity (Wildman–Crippen MR) is 117 cm³/mol. The molecule has 2 aromatic carbocycles. The van der Waals surface area contributed by atoms with Gasteiger partial charge < -0.3 is 10.2 Å². The highest BCUT2D eigenvalue weighted by Gasteiger charge is 2.26. The molecule has 0 aliphatic rings. The van der Waals surface area contributed by atoms with Crippen LogP contribution in [-0.4, -0.2) is 35.1 Å². The van der Waals surface area contributed by atoms with E-state index in [1.54, 1.807) is 30.0 Å². The zero-order chi connectivity index (χ0) is 20.5. The molecule has 0 aliphatic carbocycles. The van der Waals surface area contributed by atoms with E-state index in [4.69, 9.17) is 23.2 Å². The Labute approximate surface area is 180 Å². The fourth-order valence-corrected chi connectivity index (χ4v) is 3.83. The van der Waals surface area contributed by atoms with E-state index in [0.29, 0.717) is 16.6 Å².